The molecule has 0 spiro atoms. The number of hydrogen-bond acceptors (Lipinski definition) is 3. The Morgan fingerprint density at radius 3 is 2.42 bits per heavy atom. The van der Waals surface area contributed by atoms with Gasteiger partial charge in [0, 0.05) is 19.2 Å². The van der Waals surface area contributed by atoms with Crippen molar-refractivity contribution in [3.8, 4) is 0 Å². The van der Waals surface area contributed by atoms with Gasteiger partial charge in [0.05, 0.1) is 6.04 Å². The van der Waals surface area contributed by atoms with Crippen LogP contribution in [0.1, 0.15) is 54.3 Å². The predicted octanol–water partition coefficient (Wildman–Crippen LogP) is 4.73. The number of carbonyl (C=O) groups excluding carboxylic acids is 1. The average Bonchev–Trinajstić information content (AvgIpc) is 2.76. The minimum absolute atomic E-state index is 0.130. The second-order valence-corrected chi connectivity index (χ2v) is 7.32. The number of amides is 1. The largest absolute Gasteiger partial charge is 0.326 e. The van der Waals surface area contributed by atoms with Crippen molar-refractivity contribution in [2.24, 2.45) is 0 Å². The van der Waals surface area contributed by atoms with Gasteiger partial charge in [-0.15, -0.1) is 0 Å². The van der Waals surface area contributed by atoms with Gasteiger partial charge in [0.25, 0.3) is 11.5 Å². The Morgan fingerprint density at radius 1 is 1.03 bits per heavy atom. The molecular weight excluding hydrogens is 400 g/mol. The van der Waals surface area contributed by atoms with Gasteiger partial charge in [-0.05, 0) is 54.3 Å². The van der Waals surface area contributed by atoms with Gasteiger partial charge >= 0.3 is 0 Å². The average molecular weight is 425 g/mol. The number of halogens is 2. The van der Waals surface area contributed by atoms with E-state index in [1.165, 1.54) is 41.1 Å². The zero-order valence-corrected chi connectivity index (χ0v) is 17.6. The molecule has 0 bridgehead atoms. The van der Waals surface area contributed by atoms with Crippen LogP contribution in [0.2, 0.25) is 0 Å². The van der Waals surface area contributed by atoms with Crippen LogP contribution in [-0.4, -0.2) is 20.6 Å². The van der Waals surface area contributed by atoms with Crippen molar-refractivity contribution >= 4 is 5.91 Å². The fourth-order valence-electron chi connectivity index (χ4n) is 3.56. The third-order valence-electron chi connectivity index (χ3n) is 5.04. The van der Waals surface area contributed by atoms with E-state index in [9.17, 15) is 18.4 Å². The third kappa shape index (κ3) is 5.42. The first-order chi connectivity index (χ1) is 14.9. The molecule has 0 saturated carbocycles. The summed E-state index contributed by atoms with van der Waals surface area (Å²) in [5.74, 6) is -1.14. The van der Waals surface area contributed by atoms with Crippen LogP contribution in [0.25, 0.3) is 0 Å². The molecule has 3 aromatic rings. The van der Waals surface area contributed by atoms with E-state index in [1.807, 2.05) is 13.8 Å². The van der Waals surface area contributed by atoms with E-state index in [4.69, 9.17) is 0 Å². The van der Waals surface area contributed by atoms with E-state index in [-0.39, 0.29) is 35.6 Å². The van der Waals surface area contributed by atoms with Gasteiger partial charge in [-0.25, -0.2) is 13.5 Å². The van der Waals surface area contributed by atoms with Crippen LogP contribution in [0.5, 0.6) is 0 Å². The minimum atomic E-state index is -0.394. The van der Waals surface area contributed by atoms with Crippen LogP contribution >= 0.6 is 0 Å². The van der Waals surface area contributed by atoms with Crippen molar-refractivity contribution < 1.29 is 13.6 Å². The molecule has 31 heavy (non-hydrogen) atoms. The Balaban J connectivity index is 2.03. The van der Waals surface area contributed by atoms with Crippen LogP contribution in [0.15, 0.2) is 65.5 Å². The molecule has 1 aromatic heterocycles. The maximum Gasteiger partial charge on any atom is 0.275 e. The quantitative estimate of drug-likeness (QED) is 0.525. The SMILES string of the molecule is CCCn1nc(C(=O)N(Cc2cccc(F)c2)C(CC)c2ccc(F)cc2)ccc1=O. The maximum atomic E-state index is 13.8. The smallest absolute Gasteiger partial charge is 0.275 e. The van der Waals surface area contributed by atoms with E-state index in [1.54, 1.807) is 29.2 Å². The van der Waals surface area contributed by atoms with Crippen molar-refractivity contribution in [1.29, 1.82) is 0 Å². The summed E-state index contributed by atoms with van der Waals surface area (Å²) < 4.78 is 28.5. The van der Waals surface area contributed by atoms with Crippen LogP contribution in [0, 0.1) is 11.6 Å². The third-order valence-corrected chi connectivity index (χ3v) is 5.04. The molecule has 3 rings (SSSR count). The van der Waals surface area contributed by atoms with Crippen LogP contribution < -0.4 is 5.56 Å². The van der Waals surface area contributed by atoms with Gasteiger partial charge in [-0.1, -0.05) is 38.1 Å². The Bertz CT molecular complexity index is 1100. The van der Waals surface area contributed by atoms with E-state index < -0.39 is 5.82 Å². The van der Waals surface area contributed by atoms with Crippen LogP contribution in [0.3, 0.4) is 0 Å². The number of aromatic nitrogens is 2. The number of aryl methyl sites for hydroxylation is 1. The summed E-state index contributed by atoms with van der Waals surface area (Å²) in [5, 5.41) is 4.25. The molecule has 0 radical (unpaired) electrons. The number of benzene rings is 2. The number of hydrogen-bond donors (Lipinski definition) is 0. The summed E-state index contributed by atoms with van der Waals surface area (Å²) in [6, 6.07) is 14.4. The molecule has 7 heteroatoms. The van der Waals surface area contributed by atoms with E-state index in [0.29, 0.717) is 24.9 Å². The molecule has 0 aliphatic carbocycles. The number of rotatable bonds is 8. The van der Waals surface area contributed by atoms with Gasteiger partial charge < -0.3 is 4.90 Å². The number of carbonyl (C=O) groups is 1. The maximum absolute atomic E-state index is 13.8. The second-order valence-electron chi connectivity index (χ2n) is 7.32. The van der Waals surface area contributed by atoms with Gasteiger partial charge in [0.2, 0.25) is 0 Å². The lowest BCUT2D eigenvalue weighted by Crippen LogP contribution is -2.36. The fourth-order valence-corrected chi connectivity index (χ4v) is 3.56. The monoisotopic (exact) mass is 425 g/mol. The molecule has 0 fully saturated rings. The van der Waals surface area contributed by atoms with Crippen molar-refractivity contribution in [2.45, 2.75) is 45.8 Å². The molecule has 162 valence electrons. The molecular formula is C24H25F2N3O2. The zero-order valence-electron chi connectivity index (χ0n) is 17.6. The highest BCUT2D eigenvalue weighted by Gasteiger charge is 2.27. The molecule has 0 aliphatic rings. The predicted molar refractivity (Wildman–Crippen MR) is 114 cm³/mol. The Morgan fingerprint density at radius 2 is 1.77 bits per heavy atom. The number of nitrogens with zero attached hydrogens (tertiary/aromatic N) is 3. The van der Waals surface area contributed by atoms with Gasteiger partial charge in [-0.2, -0.15) is 5.10 Å². The topological polar surface area (TPSA) is 55.2 Å². The standard InChI is InChI=1S/C24H25F2N3O2/c1-3-14-29-23(30)13-12-21(27-29)24(31)28(16-17-6-5-7-20(26)15-17)22(4-2)18-8-10-19(25)11-9-18/h5-13,15,22H,3-4,14,16H2,1-2H3. The van der Waals surface area contributed by atoms with Gasteiger partial charge in [-0.3, -0.25) is 9.59 Å². The zero-order chi connectivity index (χ0) is 22.4. The highest BCUT2D eigenvalue weighted by atomic mass is 19.1. The van der Waals surface area contributed by atoms with Crippen molar-refractivity contribution in [3.63, 3.8) is 0 Å². The lowest BCUT2D eigenvalue weighted by atomic mass is 10.0. The molecule has 1 amide bonds. The van der Waals surface area contributed by atoms with E-state index in [2.05, 4.69) is 5.10 Å². The van der Waals surface area contributed by atoms with Crippen molar-refractivity contribution in [2.75, 3.05) is 0 Å². The lowest BCUT2D eigenvalue weighted by molar-refractivity contribution is 0.0643. The van der Waals surface area contributed by atoms with Gasteiger partial charge in [0.1, 0.15) is 17.3 Å². The molecule has 1 heterocycles. The van der Waals surface area contributed by atoms with Gasteiger partial charge in [0.15, 0.2) is 0 Å². The van der Waals surface area contributed by atoms with Crippen molar-refractivity contribution in [1.82, 2.24) is 14.7 Å². The van der Waals surface area contributed by atoms with E-state index >= 15 is 0 Å². The minimum Gasteiger partial charge on any atom is -0.326 e. The first-order valence-corrected chi connectivity index (χ1v) is 10.3. The summed E-state index contributed by atoms with van der Waals surface area (Å²) in [6.07, 6.45) is 1.26. The summed E-state index contributed by atoms with van der Waals surface area (Å²) in [5.41, 5.74) is 1.23. The molecule has 5 nitrogen and oxygen atoms in total. The second kappa shape index (κ2) is 10.1. The Hall–Kier alpha value is -3.35. The normalized spacial score (nSPS) is 11.9. The highest BCUT2D eigenvalue weighted by Crippen LogP contribution is 2.28. The summed E-state index contributed by atoms with van der Waals surface area (Å²) >= 11 is 0. The Kier molecular flexibility index (Phi) is 7.28. The van der Waals surface area contributed by atoms with Crippen LogP contribution in [0.4, 0.5) is 8.78 Å². The summed E-state index contributed by atoms with van der Waals surface area (Å²) in [7, 11) is 0. The van der Waals surface area contributed by atoms with Crippen LogP contribution in [-0.2, 0) is 13.1 Å². The molecule has 1 unspecified atom stereocenters. The first-order valence-electron chi connectivity index (χ1n) is 10.3. The first kappa shape index (κ1) is 22.3. The molecule has 0 N–H and O–H groups in total. The summed E-state index contributed by atoms with van der Waals surface area (Å²) in [6.45, 7) is 4.38. The highest BCUT2D eigenvalue weighted by molar-refractivity contribution is 5.92. The van der Waals surface area contributed by atoms with E-state index in [0.717, 1.165) is 5.56 Å². The fraction of sp³-hybridized carbons (Fsp3) is 0.292. The van der Waals surface area contributed by atoms with Crippen molar-refractivity contribution in [3.05, 3.63) is 99.5 Å². The summed E-state index contributed by atoms with van der Waals surface area (Å²) in [4.78, 5) is 27.1. The molecule has 0 saturated heterocycles. The Labute approximate surface area is 179 Å². The lowest BCUT2D eigenvalue weighted by Gasteiger charge is -2.31. The molecule has 1 atom stereocenters. The molecule has 0 aliphatic heterocycles. The molecule has 2 aromatic carbocycles.